The van der Waals surface area contributed by atoms with E-state index < -0.39 is 11.3 Å². The van der Waals surface area contributed by atoms with Crippen LogP contribution in [0.5, 0.6) is 0 Å². The van der Waals surface area contributed by atoms with Crippen molar-refractivity contribution in [3.63, 3.8) is 0 Å². The number of rotatable bonds is 1. The molecular formula is H5GeNO2S. The number of hydrogen-bond acceptors (Lipinski definition) is 1. The Morgan fingerprint density at radius 3 is 2.20 bits per heavy atom. The van der Waals surface area contributed by atoms with Crippen LogP contribution < -0.4 is 3.68 Å². The second kappa shape index (κ2) is 2.83. The van der Waals surface area contributed by atoms with Gasteiger partial charge in [-0.2, -0.15) is 0 Å². The van der Waals surface area contributed by atoms with Crippen LogP contribution >= 0.6 is 0 Å². The third-order valence-corrected chi connectivity index (χ3v) is 2.72. The van der Waals surface area contributed by atoms with Crippen molar-refractivity contribution in [1.82, 2.24) is 3.68 Å². The molecule has 5 heavy (non-hydrogen) atoms. The van der Waals surface area contributed by atoms with Gasteiger partial charge in [0.15, 0.2) is 0 Å². The van der Waals surface area contributed by atoms with Crippen molar-refractivity contribution in [3.8, 4) is 0 Å². The third-order valence-electron chi connectivity index (χ3n) is 0.175. The topological polar surface area (TPSA) is 49.3 Å². The summed E-state index contributed by atoms with van der Waals surface area (Å²) < 4.78 is 19.4. The molecule has 32 valence electrons. The fraction of sp³-hybridized carbons (Fsp3) is 0. The molecule has 0 heterocycles. The Bertz CT molecular complexity index is 44.9. The molecule has 0 radical (unpaired) electrons. The van der Waals surface area contributed by atoms with Gasteiger partial charge < -0.3 is 0 Å². The summed E-state index contributed by atoms with van der Waals surface area (Å²) >= 11 is -1.45. The molecule has 0 rings (SSSR count). The molecular weight excluding hydrogens is 151 g/mol. The van der Waals surface area contributed by atoms with E-state index >= 15 is 0 Å². The summed E-state index contributed by atoms with van der Waals surface area (Å²) in [6.45, 7) is 0. The van der Waals surface area contributed by atoms with E-state index in [9.17, 15) is 4.21 Å². The number of nitrogens with one attached hydrogen (secondary N) is 1. The van der Waals surface area contributed by atoms with Crippen LogP contribution in [0.2, 0.25) is 0 Å². The van der Waals surface area contributed by atoms with E-state index in [0.717, 1.165) is 0 Å². The van der Waals surface area contributed by atoms with Crippen molar-refractivity contribution in [2.24, 2.45) is 0 Å². The fourth-order valence-corrected chi connectivity index (χ4v) is 0. The Labute approximate surface area is 41.0 Å². The molecule has 0 saturated carbocycles. The molecule has 5 heteroatoms. The average Bonchev–Trinajstić information content (AvgIpc) is 1.38. The summed E-state index contributed by atoms with van der Waals surface area (Å²) in [4.78, 5) is 0. The maximum absolute atomic E-state index is 9.41. The first kappa shape index (κ1) is 5.61. The first-order valence-corrected chi connectivity index (χ1v) is 4.26. The second-order valence-corrected chi connectivity index (χ2v) is 3.93. The Hall–Kier alpha value is 0.613. The van der Waals surface area contributed by atoms with Gasteiger partial charge in [-0.15, -0.1) is 0 Å². The Kier molecular flexibility index (Phi) is 3.18. The second-order valence-electron chi connectivity index (χ2n) is 0.453. The molecule has 0 aromatic carbocycles. The summed E-state index contributed by atoms with van der Waals surface area (Å²) in [5.74, 6) is 0. The monoisotopic (exact) mass is 157 g/mol. The standard InChI is InChI=1S/GeH5NO2S/c1-2-5(3)4/h2H,1H3,(H,3,4). The van der Waals surface area contributed by atoms with Crippen LogP contribution in [0.15, 0.2) is 0 Å². The Morgan fingerprint density at radius 1 is 2.00 bits per heavy atom. The molecule has 0 aliphatic carbocycles. The van der Waals surface area contributed by atoms with Crippen LogP contribution in [0, 0.1) is 0 Å². The van der Waals surface area contributed by atoms with Crippen molar-refractivity contribution >= 4 is 28.0 Å². The molecule has 3 nitrogen and oxygen atoms in total. The first-order chi connectivity index (χ1) is 2.27. The average molecular weight is 156 g/mol. The van der Waals surface area contributed by atoms with Gasteiger partial charge in [-0.05, 0) is 0 Å². The SMILES string of the molecule is O=S(O)[NH][GeH3]. The van der Waals surface area contributed by atoms with Crippen LogP contribution in [-0.2, 0) is 11.3 Å². The Morgan fingerprint density at radius 2 is 2.20 bits per heavy atom. The van der Waals surface area contributed by atoms with E-state index in [2.05, 4.69) is 3.68 Å². The molecule has 0 aliphatic heterocycles. The van der Waals surface area contributed by atoms with E-state index in [0.29, 0.717) is 0 Å². The predicted octanol–water partition coefficient (Wildman–Crippen LogP) is -2.01. The number of hydrogen-bond donors (Lipinski definition) is 2. The van der Waals surface area contributed by atoms with Crippen LogP contribution in [0.1, 0.15) is 0 Å². The molecule has 0 fully saturated rings. The van der Waals surface area contributed by atoms with Crippen molar-refractivity contribution in [2.75, 3.05) is 0 Å². The third kappa shape index (κ3) is 4.61. The van der Waals surface area contributed by atoms with Crippen LogP contribution in [0.25, 0.3) is 0 Å². The molecule has 0 bridgehead atoms. The van der Waals surface area contributed by atoms with E-state index in [-0.39, 0.29) is 16.7 Å². The molecule has 0 aromatic heterocycles. The van der Waals surface area contributed by atoms with Gasteiger partial charge in [0.25, 0.3) is 0 Å². The zero-order chi connectivity index (χ0) is 4.28. The Balaban J connectivity index is 2.85. The van der Waals surface area contributed by atoms with Gasteiger partial charge in [0, 0.05) is 0 Å². The van der Waals surface area contributed by atoms with Gasteiger partial charge in [-0.1, -0.05) is 0 Å². The summed E-state index contributed by atoms with van der Waals surface area (Å²) in [5, 5.41) is 0. The van der Waals surface area contributed by atoms with Gasteiger partial charge in [0.05, 0.1) is 0 Å². The molecule has 0 aliphatic rings. The molecule has 2 N–H and O–H groups in total. The predicted molar refractivity (Wildman–Crippen MR) is 23.8 cm³/mol. The van der Waals surface area contributed by atoms with E-state index in [1.165, 1.54) is 0 Å². The normalized spacial score (nSPS) is 15.4. The quantitative estimate of drug-likeness (QED) is 0.340. The minimum absolute atomic E-state index is 0.284. The van der Waals surface area contributed by atoms with Gasteiger partial charge in [-0.25, -0.2) is 0 Å². The first-order valence-electron chi connectivity index (χ1n) is 1.05. The summed E-state index contributed by atoms with van der Waals surface area (Å²) in [6.07, 6.45) is 0. The van der Waals surface area contributed by atoms with Crippen molar-refractivity contribution < 1.29 is 8.76 Å². The van der Waals surface area contributed by atoms with Crippen LogP contribution in [-0.4, -0.2) is 25.5 Å². The molecule has 0 saturated heterocycles. The fourth-order valence-electron chi connectivity index (χ4n) is 0. The maximum atomic E-state index is 9.41. The van der Waals surface area contributed by atoms with Crippen molar-refractivity contribution in [1.29, 1.82) is 0 Å². The molecule has 0 aromatic rings. The molecule has 0 amide bonds. The summed E-state index contributed by atoms with van der Waals surface area (Å²) in [6, 6.07) is 0. The van der Waals surface area contributed by atoms with Gasteiger partial charge in [0.2, 0.25) is 0 Å². The van der Waals surface area contributed by atoms with Gasteiger partial charge in [-0.3, -0.25) is 0 Å². The summed E-state index contributed by atoms with van der Waals surface area (Å²) in [7, 11) is 0. The van der Waals surface area contributed by atoms with Gasteiger partial charge >= 0.3 is 40.4 Å². The van der Waals surface area contributed by atoms with Crippen LogP contribution in [0.3, 0.4) is 0 Å². The zero-order valence-electron chi connectivity index (χ0n) is 2.76. The zero-order valence-corrected chi connectivity index (χ0v) is 7.78. The van der Waals surface area contributed by atoms with Crippen molar-refractivity contribution in [3.05, 3.63) is 0 Å². The van der Waals surface area contributed by atoms with E-state index in [1.54, 1.807) is 0 Å². The van der Waals surface area contributed by atoms with Crippen LogP contribution in [0.4, 0.5) is 0 Å². The molecule has 1 atom stereocenters. The molecule has 0 spiro atoms. The van der Waals surface area contributed by atoms with E-state index in [4.69, 9.17) is 4.55 Å². The molecule has 1 unspecified atom stereocenters. The van der Waals surface area contributed by atoms with Gasteiger partial charge in [0.1, 0.15) is 0 Å². The van der Waals surface area contributed by atoms with Crippen molar-refractivity contribution in [2.45, 2.75) is 0 Å². The minimum atomic E-state index is -1.74. The van der Waals surface area contributed by atoms with E-state index in [1.807, 2.05) is 0 Å². The summed E-state index contributed by atoms with van der Waals surface area (Å²) in [5.41, 5.74) is 0.